The number of aliphatic carboxylic acids is 1. The van der Waals surface area contributed by atoms with Crippen LogP contribution in [0.25, 0.3) is 0 Å². The van der Waals surface area contributed by atoms with E-state index in [1.54, 1.807) is 20.8 Å². The lowest BCUT2D eigenvalue weighted by Gasteiger charge is -2.25. The van der Waals surface area contributed by atoms with Gasteiger partial charge in [-0.3, -0.25) is 9.59 Å². The van der Waals surface area contributed by atoms with Gasteiger partial charge in [-0.05, 0) is 45.0 Å². The molecule has 2 unspecified atom stereocenters. The van der Waals surface area contributed by atoms with Gasteiger partial charge in [0.2, 0.25) is 0 Å². The molecule has 0 spiro atoms. The summed E-state index contributed by atoms with van der Waals surface area (Å²) in [5.74, 6) is -7.33. The highest BCUT2D eigenvalue weighted by atomic mass is 16.5. The molecule has 0 fully saturated rings. The van der Waals surface area contributed by atoms with Crippen molar-refractivity contribution >= 4 is 23.8 Å². The van der Waals surface area contributed by atoms with E-state index < -0.39 is 83.2 Å². The number of benzene rings is 2. The minimum absolute atomic E-state index is 0.338. The van der Waals surface area contributed by atoms with E-state index in [1.807, 2.05) is 0 Å². The Morgan fingerprint density at radius 3 is 1.68 bits per heavy atom. The largest absolute Gasteiger partial charge is 0.504 e. The molecule has 2 atom stereocenters. The number of carboxylic acids is 1. The Morgan fingerprint density at radius 1 is 0.784 bits per heavy atom. The molecule has 2 aromatic rings. The molecule has 0 radical (unpaired) electrons. The summed E-state index contributed by atoms with van der Waals surface area (Å²) in [7, 11) is 0. The maximum absolute atomic E-state index is 12.8. The highest BCUT2D eigenvalue weighted by molar-refractivity contribution is 6.00. The summed E-state index contributed by atoms with van der Waals surface area (Å²) in [6.07, 6.45) is 0. The van der Waals surface area contributed by atoms with E-state index in [0.717, 1.165) is 18.2 Å². The third-order valence-corrected chi connectivity index (χ3v) is 4.79. The zero-order valence-electron chi connectivity index (χ0n) is 20.2. The smallest absolute Gasteiger partial charge is 0.331 e. The van der Waals surface area contributed by atoms with E-state index in [-0.39, 0.29) is 5.56 Å². The number of rotatable bonds is 10. The third-order valence-electron chi connectivity index (χ3n) is 4.79. The second kappa shape index (κ2) is 11.9. The van der Waals surface area contributed by atoms with Gasteiger partial charge in [0.1, 0.15) is 6.61 Å². The highest BCUT2D eigenvalue weighted by Crippen LogP contribution is 2.29. The van der Waals surface area contributed by atoms with E-state index in [2.05, 4.69) is 10.6 Å². The Morgan fingerprint density at radius 2 is 1.24 bits per heavy atom. The third kappa shape index (κ3) is 8.00. The molecule has 0 aliphatic heterocycles. The van der Waals surface area contributed by atoms with Gasteiger partial charge in [0.05, 0.1) is 23.3 Å². The standard InChI is InChI=1S/C24H28N2O11/c1-24(2,3)37-11-15(26-21(32)13-7-5-9-17(28)19(13)30)23(35)36-10-14(22(33)34)25-20(31)12-6-4-8-16(27)18(12)29/h4-9,14-15,27-30H,10-11H2,1-3H3,(H,25,31)(H,26,32)(H,33,34). The number of carbonyl (C=O) groups excluding carboxylic acids is 3. The first-order valence-corrected chi connectivity index (χ1v) is 10.9. The molecule has 0 aliphatic rings. The van der Waals surface area contributed by atoms with Crippen molar-refractivity contribution in [2.45, 2.75) is 38.5 Å². The molecule has 0 aromatic heterocycles. The highest BCUT2D eigenvalue weighted by Gasteiger charge is 2.30. The van der Waals surface area contributed by atoms with Crippen molar-refractivity contribution in [3.8, 4) is 23.0 Å². The van der Waals surface area contributed by atoms with Gasteiger partial charge in [0.25, 0.3) is 11.8 Å². The Kier molecular flexibility index (Phi) is 9.27. The second-order valence-corrected chi connectivity index (χ2v) is 8.79. The first-order chi connectivity index (χ1) is 17.2. The lowest BCUT2D eigenvalue weighted by molar-refractivity contribution is -0.152. The molecule has 0 saturated heterocycles. The Bertz CT molecular complexity index is 1170. The van der Waals surface area contributed by atoms with Gasteiger partial charge >= 0.3 is 11.9 Å². The Balaban J connectivity index is 2.15. The number of nitrogens with one attached hydrogen (secondary N) is 2. The van der Waals surface area contributed by atoms with E-state index >= 15 is 0 Å². The number of amides is 2. The van der Waals surface area contributed by atoms with Crippen molar-refractivity contribution in [2.24, 2.45) is 0 Å². The molecule has 0 saturated carbocycles. The first-order valence-electron chi connectivity index (χ1n) is 10.9. The molecular formula is C24H28N2O11. The molecule has 13 heteroatoms. The monoisotopic (exact) mass is 520 g/mol. The molecule has 2 aromatic carbocycles. The maximum Gasteiger partial charge on any atom is 0.331 e. The average Bonchev–Trinajstić information content (AvgIpc) is 2.81. The minimum atomic E-state index is -1.76. The van der Waals surface area contributed by atoms with Gasteiger partial charge in [-0.25, -0.2) is 9.59 Å². The Labute approximate surface area is 211 Å². The van der Waals surface area contributed by atoms with Crippen LogP contribution in [0.3, 0.4) is 0 Å². The number of carbonyl (C=O) groups is 4. The van der Waals surface area contributed by atoms with Crippen LogP contribution in [-0.2, 0) is 19.1 Å². The molecule has 0 bridgehead atoms. The zero-order valence-corrected chi connectivity index (χ0v) is 20.2. The fraction of sp³-hybridized carbons (Fsp3) is 0.333. The summed E-state index contributed by atoms with van der Waals surface area (Å²) < 4.78 is 10.6. The van der Waals surface area contributed by atoms with Crippen LogP contribution >= 0.6 is 0 Å². The predicted octanol–water partition coefficient (Wildman–Crippen LogP) is 0.849. The molecule has 200 valence electrons. The molecule has 0 heterocycles. The first kappa shape index (κ1) is 28.7. The quantitative estimate of drug-likeness (QED) is 0.172. The van der Waals surface area contributed by atoms with E-state index in [4.69, 9.17) is 9.47 Å². The van der Waals surface area contributed by atoms with Crippen LogP contribution in [0.5, 0.6) is 23.0 Å². The van der Waals surface area contributed by atoms with E-state index in [9.17, 15) is 44.7 Å². The number of para-hydroxylation sites is 2. The summed E-state index contributed by atoms with van der Waals surface area (Å²) in [6, 6.07) is 3.94. The average molecular weight is 520 g/mol. The fourth-order valence-electron chi connectivity index (χ4n) is 2.84. The van der Waals surface area contributed by atoms with Crippen molar-refractivity contribution in [2.75, 3.05) is 13.2 Å². The summed E-state index contributed by atoms with van der Waals surface area (Å²) >= 11 is 0. The van der Waals surface area contributed by atoms with Crippen molar-refractivity contribution in [3.05, 3.63) is 47.5 Å². The molecule has 2 amide bonds. The van der Waals surface area contributed by atoms with Crippen molar-refractivity contribution in [1.82, 2.24) is 10.6 Å². The van der Waals surface area contributed by atoms with Crippen molar-refractivity contribution in [3.63, 3.8) is 0 Å². The fourth-order valence-corrected chi connectivity index (χ4v) is 2.84. The van der Waals surface area contributed by atoms with Crippen LogP contribution in [0.15, 0.2) is 36.4 Å². The van der Waals surface area contributed by atoms with Crippen LogP contribution in [0.4, 0.5) is 0 Å². The van der Waals surface area contributed by atoms with Gasteiger partial charge in [-0.2, -0.15) is 0 Å². The number of ether oxygens (including phenoxy) is 2. The summed E-state index contributed by atoms with van der Waals surface area (Å²) in [5.41, 5.74) is -1.49. The van der Waals surface area contributed by atoms with Crippen LogP contribution in [-0.4, -0.2) is 80.2 Å². The SMILES string of the molecule is CC(C)(C)OCC(NC(=O)c1cccc(O)c1O)C(=O)OCC(NC(=O)c1cccc(O)c1O)C(=O)O. The topological polar surface area (TPSA) is 212 Å². The summed E-state index contributed by atoms with van der Waals surface area (Å²) in [4.78, 5) is 49.4. The van der Waals surface area contributed by atoms with Gasteiger partial charge < -0.3 is 45.6 Å². The molecule has 7 N–H and O–H groups in total. The van der Waals surface area contributed by atoms with Gasteiger partial charge in [0, 0.05) is 0 Å². The molecule has 2 rings (SSSR count). The lowest BCUT2D eigenvalue weighted by atomic mass is 10.1. The zero-order chi connectivity index (χ0) is 27.9. The number of hydrogen-bond acceptors (Lipinski definition) is 10. The van der Waals surface area contributed by atoms with Crippen molar-refractivity contribution in [1.29, 1.82) is 0 Å². The van der Waals surface area contributed by atoms with Crippen molar-refractivity contribution < 1.29 is 54.2 Å². The molecule has 37 heavy (non-hydrogen) atoms. The van der Waals surface area contributed by atoms with Crippen LogP contribution in [0, 0.1) is 0 Å². The van der Waals surface area contributed by atoms with Crippen LogP contribution in [0.2, 0.25) is 0 Å². The molecule has 13 nitrogen and oxygen atoms in total. The number of aromatic hydroxyl groups is 4. The number of phenolic OH excluding ortho intramolecular Hbond substituents is 4. The number of carboxylic acid groups (broad SMARTS) is 1. The normalized spacial score (nSPS) is 12.7. The van der Waals surface area contributed by atoms with Crippen LogP contribution in [0.1, 0.15) is 41.5 Å². The van der Waals surface area contributed by atoms with E-state index in [0.29, 0.717) is 0 Å². The second-order valence-electron chi connectivity index (χ2n) is 8.79. The van der Waals surface area contributed by atoms with Gasteiger partial charge in [0.15, 0.2) is 35.1 Å². The Hall–Kier alpha value is -4.52. The predicted molar refractivity (Wildman–Crippen MR) is 126 cm³/mol. The number of phenols is 4. The molecule has 0 aliphatic carbocycles. The lowest BCUT2D eigenvalue weighted by Crippen LogP contribution is -2.49. The molecular weight excluding hydrogens is 492 g/mol. The maximum atomic E-state index is 12.8. The summed E-state index contributed by atoms with van der Waals surface area (Å²) in [6.45, 7) is 3.80. The number of hydrogen-bond donors (Lipinski definition) is 7. The van der Waals surface area contributed by atoms with Gasteiger partial charge in [-0.15, -0.1) is 0 Å². The minimum Gasteiger partial charge on any atom is -0.504 e. The van der Waals surface area contributed by atoms with Gasteiger partial charge in [-0.1, -0.05) is 12.1 Å². The van der Waals surface area contributed by atoms with E-state index in [1.165, 1.54) is 18.2 Å². The number of esters is 1. The van der Waals surface area contributed by atoms with Crippen LogP contribution < -0.4 is 10.6 Å². The summed E-state index contributed by atoms with van der Waals surface area (Å²) in [5, 5.41) is 52.7.